The number of nitrogens with zero attached hydrogens (tertiary/aromatic N) is 2. The van der Waals surface area contributed by atoms with E-state index in [0.717, 1.165) is 35.6 Å². The van der Waals surface area contributed by atoms with Crippen molar-refractivity contribution in [3.8, 4) is 17.1 Å². The number of aromatic nitrogens is 2. The smallest absolute Gasteiger partial charge is 0.335 e. The van der Waals surface area contributed by atoms with Crippen molar-refractivity contribution in [3.05, 3.63) is 64.7 Å². The van der Waals surface area contributed by atoms with Gasteiger partial charge in [0.15, 0.2) is 0 Å². The van der Waals surface area contributed by atoms with E-state index in [1.54, 1.807) is 0 Å². The molecule has 0 aliphatic heterocycles. The third-order valence-electron chi connectivity index (χ3n) is 7.61. The summed E-state index contributed by atoms with van der Waals surface area (Å²) in [5, 5.41) is 9.36. The SMILES string of the molecule is Cc1cccc(CC2CCCC2)c1-c1nc(NS(=O)(=O)c2cccc(C(=O)O)c2)nc(OC[C@H](N)CC(C)(C)C)c1C.Cl. The van der Waals surface area contributed by atoms with E-state index in [-0.39, 0.29) is 52.8 Å². The minimum Gasteiger partial charge on any atom is -0.478 e. The van der Waals surface area contributed by atoms with Gasteiger partial charge in [-0.1, -0.05) is 70.7 Å². The number of nitrogens with two attached hydrogens (primary N) is 1. The van der Waals surface area contributed by atoms with E-state index >= 15 is 0 Å². The minimum atomic E-state index is -4.21. The zero-order chi connectivity index (χ0) is 30.7. The Morgan fingerprint density at radius 1 is 1.12 bits per heavy atom. The lowest BCUT2D eigenvalue weighted by Gasteiger charge is -2.24. The van der Waals surface area contributed by atoms with Gasteiger partial charge in [0.2, 0.25) is 11.8 Å². The summed E-state index contributed by atoms with van der Waals surface area (Å²) in [6.45, 7) is 10.4. The monoisotopic (exact) mass is 630 g/mol. The van der Waals surface area contributed by atoms with E-state index in [1.807, 2.05) is 26.0 Å². The third kappa shape index (κ3) is 8.90. The van der Waals surface area contributed by atoms with Crippen LogP contribution < -0.4 is 15.2 Å². The van der Waals surface area contributed by atoms with E-state index < -0.39 is 16.0 Å². The summed E-state index contributed by atoms with van der Waals surface area (Å²) < 4.78 is 35.3. The van der Waals surface area contributed by atoms with Crippen LogP contribution in [0, 0.1) is 25.2 Å². The van der Waals surface area contributed by atoms with Crippen LogP contribution in [0.5, 0.6) is 5.88 Å². The summed E-state index contributed by atoms with van der Waals surface area (Å²) in [7, 11) is -4.21. The lowest BCUT2D eigenvalue weighted by molar-refractivity contribution is 0.0696. The number of carboxylic acids is 1. The molecule has 1 aromatic heterocycles. The number of benzene rings is 2. The number of aryl methyl sites for hydroxylation is 1. The summed E-state index contributed by atoms with van der Waals surface area (Å²) in [5.74, 6) is -0.543. The maximum Gasteiger partial charge on any atom is 0.335 e. The Kier molecular flexibility index (Phi) is 11.2. The first-order valence-electron chi connectivity index (χ1n) is 14.5. The highest BCUT2D eigenvalue weighted by Gasteiger charge is 2.25. The number of halogens is 1. The highest BCUT2D eigenvalue weighted by Crippen LogP contribution is 2.37. The average Bonchev–Trinajstić information content (AvgIpc) is 3.41. The Hall–Kier alpha value is -3.21. The molecule has 4 rings (SSSR count). The van der Waals surface area contributed by atoms with E-state index in [9.17, 15) is 18.3 Å². The van der Waals surface area contributed by atoms with Crippen LogP contribution >= 0.6 is 12.4 Å². The van der Waals surface area contributed by atoms with Crippen LogP contribution in [0.2, 0.25) is 0 Å². The van der Waals surface area contributed by atoms with Crippen molar-refractivity contribution in [2.24, 2.45) is 17.1 Å². The molecule has 0 unspecified atom stereocenters. The van der Waals surface area contributed by atoms with E-state index in [4.69, 9.17) is 15.5 Å². The van der Waals surface area contributed by atoms with Gasteiger partial charge in [-0.2, -0.15) is 4.98 Å². The predicted molar refractivity (Wildman–Crippen MR) is 172 cm³/mol. The maximum atomic E-state index is 13.4. The molecule has 1 aliphatic carbocycles. The molecule has 11 heteroatoms. The van der Waals surface area contributed by atoms with Gasteiger partial charge in [0, 0.05) is 17.2 Å². The number of rotatable bonds is 11. The van der Waals surface area contributed by atoms with E-state index in [1.165, 1.54) is 43.9 Å². The summed E-state index contributed by atoms with van der Waals surface area (Å²) >= 11 is 0. The van der Waals surface area contributed by atoms with Crippen LogP contribution in [-0.2, 0) is 16.4 Å². The first-order chi connectivity index (χ1) is 19.7. The molecule has 4 N–H and O–H groups in total. The molecule has 1 saturated carbocycles. The van der Waals surface area contributed by atoms with Gasteiger partial charge in [0.05, 0.1) is 16.2 Å². The van der Waals surface area contributed by atoms with Crippen LogP contribution in [0.15, 0.2) is 47.4 Å². The van der Waals surface area contributed by atoms with Crippen LogP contribution in [0.4, 0.5) is 5.95 Å². The van der Waals surface area contributed by atoms with Gasteiger partial charge >= 0.3 is 5.97 Å². The number of hydrogen-bond acceptors (Lipinski definition) is 7. The number of nitrogens with one attached hydrogen (secondary N) is 1. The number of aromatic carboxylic acids is 1. The first kappa shape index (κ1) is 34.3. The number of sulfonamides is 1. The molecular formula is C32H43ClN4O5S. The van der Waals surface area contributed by atoms with Crippen molar-refractivity contribution in [2.75, 3.05) is 11.3 Å². The van der Waals surface area contributed by atoms with Crippen molar-refractivity contribution >= 4 is 34.3 Å². The minimum absolute atomic E-state index is 0. The van der Waals surface area contributed by atoms with Crippen molar-refractivity contribution in [2.45, 2.75) is 84.1 Å². The highest BCUT2D eigenvalue weighted by molar-refractivity contribution is 7.92. The van der Waals surface area contributed by atoms with Gasteiger partial charge in [-0.05, 0) is 67.3 Å². The molecule has 3 aromatic rings. The number of carboxylic acid groups (broad SMARTS) is 1. The fraction of sp³-hybridized carbons (Fsp3) is 0.469. The molecule has 1 atom stereocenters. The van der Waals surface area contributed by atoms with Crippen molar-refractivity contribution in [1.82, 2.24) is 9.97 Å². The Labute approximate surface area is 261 Å². The van der Waals surface area contributed by atoms with Crippen molar-refractivity contribution in [3.63, 3.8) is 0 Å². The van der Waals surface area contributed by atoms with E-state index in [0.29, 0.717) is 17.2 Å². The predicted octanol–water partition coefficient (Wildman–Crippen LogP) is 6.56. The van der Waals surface area contributed by atoms with Crippen LogP contribution in [0.25, 0.3) is 11.3 Å². The molecule has 0 radical (unpaired) electrons. The summed E-state index contributed by atoms with van der Waals surface area (Å²) in [5.41, 5.74) is 10.6. The fourth-order valence-corrected chi connectivity index (χ4v) is 6.68. The molecule has 0 amide bonds. The molecule has 9 nitrogen and oxygen atoms in total. The lowest BCUT2D eigenvalue weighted by Crippen LogP contribution is -2.32. The third-order valence-corrected chi connectivity index (χ3v) is 8.93. The van der Waals surface area contributed by atoms with Gasteiger partial charge in [-0.3, -0.25) is 0 Å². The van der Waals surface area contributed by atoms with Crippen LogP contribution in [-0.4, -0.2) is 42.1 Å². The lowest BCUT2D eigenvalue weighted by atomic mass is 9.89. The van der Waals surface area contributed by atoms with Gasteiger partial charge in [0.1, 0.15) is 6.61 Å². The molecule has 0 saturated heterocycles. The van der Waals surface area contributed by atoms with Gasteiger partial charge < -0.3 is 15.6 Å². The molecule has 0 bridgehead atoms. The Bertz CT molecular complexity index is 1550. The Balaban J connectivity index is 0.00000506. The second-order valence-corrected chi connectivity index (χ2v) is 14.2. The summed E-state index contributed by atoms with van der Waals surface area (Å²) in [6, 6.07) is 11.1. The fourth-order valence-electron chi connectivity index (χ4n) is 5.70. The quantitative estimate of drug-likeness (QED) is 0.216. The molecule has 43 heavy (non-hydrogen) atoms. The number of anilines is 1. The van der Waals surface area contributed by atoms with Crippen molar-refractivity contribution in [1.29, 1.82) is 0 Å². The van der Waals surface area contributed by atoms with Crippen LogP contribution in [0.1, 0.15) is 79.9 Å². The van der Waals surface area contributed by atoms with Gasteiger partial charge in [0.25, 0.3) is 10.0 Å². The topological polar surface area (TPSA) is 144 Å². The Morgan fingerprint density at radius 3 is 2.44 bits per heavy atom. The molecule has 0 spiro atoms. The summed E-state index contributed by atoms with van der Waals surface area (Å²) in [4.78, 5) is 20.4. The first-order valence-corrected chi connectivity index (χ1v) is 15.9. The van der Waals surface area contributed by atoms with Crippen molar-refractivity contribution < 1.29 is 23.1 Å². The largest absolute Gasteiger partial charge is 0.478 e. The standard InChI is InChI=1S/C32H42N4O5S.ClH/c1-20-10-8-13-23(16-22-11-6-7-12-22)27(20)28-21(2)29(41-19-25(33)18-32(3,4)5)35-31(34-28)36-42(39,40)26-15-9-14-24(17-26)30(37)38;/h8-10,13-15,17,22,25H,6-7,11-12,16,18-19,33H2,1-5H3,(H,37,38)(H,34,35,36);1H/t25-;/m1./s1. The molecule has 234 valence electrons. The van der Waals surface area contributed by atoms with Crippen LogP contribution in [0.3, 0.4) is 0 Å². The molecular weight excluding hydrogens is 588 g/mol. The van der Waals surface area contributed by atoms with Gasteiger partial charge in [-0.25, -0.2) is 22.9 Å². The molecule has 2 aromatic carbocycles. The summed E-state index contributed by atoms with van der Waals surface area (Å²) in [6.07, 6.45) is 6.50. The van der Waals surface area contributed by atoms with Gasteiger partial charge in [-0.15, -0.1) is 12.4 Å². The second kappa shape index (κ2) is 14.1. The second-order valence-electron chi connectivity index (χ2n) is 12.6. The average molecular weight is 631 g/mol. The zero-order valence-corrected chi connectivity index (χ0v) is 27.1. The maximum absolute atomic E-state index is 13.4. The molecule has 1 aliphatic rings. The highest BCUT2D eigenvalue weighted by atomic mass is 35.5. The Morgan fingerprint density at radius 2 is 1.79 bits per heavy atom. The molecule has 1 heterocycles. The number of ether oxygens (including phenoxy) is 1. The molecule has 1 fully saturated rings. The zero-order valence-electron chi connectivity index (χ0n) is 25.5. The number of hydrogen-bond donors (Lipinski definition) is 3. The van der Waals surface area contributed by atoms with E-state index in [2.05, 4.69) is 36.5 Å². The normalized spacial score (nSPS) is 14.7. The number of carbonyl (C=O) groups is 1.